The molecule has 0 amide bonds. The minimum atomic E-state index is -3.69. The highest BCUT2D eigenvalue weighted by atomic mass is 32.2. The number of ether oxygens (including phenoxy) is 1. The Morgan fingerprint density at radius 1 is 1.38 bits per heavy atom. The Morgan fingerprint density at radius 3 is 2.52 bits per heavy atom. The summed E-state index contributed by atoms with van der Waals surface area (Å²) in [5, 5.41) is 9.16. The van der Waals surface area contributed by atoms with Gasteiger partial charge in [0.2, 0.25) is 10.0 Å². The van der Waals surface area contributed by atoms with Crippen molar-refractivity contribution in [2.45, 2.75) is 31.2 Å². The van der Waals surface area contributed by atoms with E-state index in [0.717, 1.165) is 12.5 Å². The van der Waals surface area contributed by atoms with Crippen LogP contribution in [0.1, 0.15) is 30.6 Å². The molecule has 1 aliphatic rings. The van der Waals surface area contributed by atoms with E-state index >= 15 is 0 Å². The Labute approximate surface area is 124 Å². The predicted molar refractivity (Wildman–Crippen MR) is 77.1 cm³/mol. The Bertz CT molecular complexity index is 655. The first-order chi connectivity index (χ1) is 9.77. The number of rotatable bonds is 4. The number of carboxylic acid groups (broad SMARTS) is 1. The summed E-state index contributed by atoms with van der Waals surface area (Å²) in [7, 11) is -2.34. The quantitative estimate of drug-likeness (QED) is 0.916. The van der Waals surface area contributed by atoms with E-state index in [9.17, 15) is 13.2 Å². The second kappa shape index (κ2) is 5.65. The van der Waals surface area contributed by atoms with E-state index in [4.69, 9.17) is 9.84 Å². The van der Waals surface area contributed by atoms with Crippen molar-refractivity contribution < 1.29 is 23.1 Å². The topological polar surface area (TPSA) is 83.9 Å². The van der Waals surface area contributed by atoms with Crippen molar-refractivity contribution in [1.82, 2.24) is 4.31 Å². The molecule has 1 N–H and O–H groups in total. The number of hydrogen-bond acceptors (Lipinski definition) is 4. The van der Waals surface area contributed by atoms with Crippen LogP contribution in [0.25, 0.3) is 0 Å². The maximum Gasteiger partial charge on any atom is 0.339 e. The summed E-state index contributed by atoms with van der Waals surface area (Å²) in [5.74, 6) is -0.775. The van der Waals surface area contributed by atoms with Crippen LogP contribution in [-0.4, -0.2) is 43.5 Å². The van der Waals surface area contributed by atoms with Gasteiger partial charge in [-0.05, 0) is 37.5 Å². The number of sulfonamides is 1. The molecule has 0 aromatic heterocycles. The van der Waals surface area contributed by atoms with Gasteiger partial charge in [0.05, 0.1) is 12.0 Å². The first kappa shape index (κ1) is 15.8. The molecule has 0 bridgehead atoms. The number of carboxylic acids is 1. The van der Waals surface area contributed by atoms with E-state index in [1.165, 1.54) is 23.5 Å². The van der Waals surface area contributed by atoms with Crippen molar-refractivity contribution in [1.29, 1.82) is 0 Å². The Kier molecular flexibility index (Phi) is 4.25. The van der Waals surface area contributed by atoms with Crippen LogP contribution < -0.4 is 4.74 Å². The fourth-order valence-corrected chi connectivity index (χ4v) is 4.53. The number of methoxy groups -OCH3 is 1. The molecule has 1 aliphatic heterocycles. The summed E-state index contributed by atoms with van der Waals surface area (Å²) < 4.78 is 31.7. The highest BCUT2D eigenvalue weighted by Gasteiger charge is 2.36. The Morgan fingerprint density at radius 2 is 2.05 bits per heavy atom. The monoisotopic (exact) mass is 313 g/mol. The predicted octanol–water partition coefficient (Wildman–Crippen LogP) is 1.81. The van der Waals surface area contributed by atoms with E-state index in [1.807, 2.05) is 13.8 Å². The molecule has 1 fully saturated rings. The molecule has 1 heterocycles. The molecule has 2 atom stereocenters. The van der Waals surface area contributed by atoms with Crippen LogP contribution in [0, 0.1) is 5.92 Å². The van der Waals surface area contributed by atoms with Gasteiger partial charge in [-0.2, -0.15) is 4.31 Å². The summed E-state index contributed by atoms with van der Waals surface area (Å²) >= 11 is 0. The van der Waals surface area contributed by atoms with E-state index in [0.29, 0.717) is 12.5 Å². The first-order valence-corrected chi connectivity index (χ1v) is 8.14. The molecule has 0 saturated carbocycles. The lowest BCUT2D eigenvalue weighted by atomic mass is 10.1. The first-order valence-electron chi connectivity index (χ1n) is 6.70. The summed E-state index contributed by atoms with van der Waals surface area (Å²) in [6.45, 7) is 4.32. The molecule has 0 spiro atoms. The molecule has 1 aromatic carbocycles. The van der Waals surface area contributed by atoms with Crippen LogP contribution in [0.3, 0.4) is 0 Å². The lowest BCUT2D eigenvalue weighted by Gasteiger charge is -2.21. The number of benzene rings is 1. The molecule has 1 saturated heterocycles. The highest BCUT2D eigenvalue weighted by molar-refractivity contribution is 7.89. The average Bonchev–Trinajstić information content (AvgIpc) is 2.77. The molecule has 6 nitrogen and oxygen atoms in total. The van der Waals surface area contributed by atoms with E-state index < -0.39 is 16.0 Å². The second-order valence-electron chi connectivity index (χ2n) is 5.43. The Balaban J connectivity index is 2.46. The maximum atomic E-state index is 12.7. The molecule has 2 unspecified atom stereocenters. The van der Waals surface area contributed by atoms with Gasteiger partial charge >= 0.3 is 5.97 Å². The van der Waals surface area contributed by atoms with Gasteiger partial charge in [-0.3, -0.25) is 0 Å². The highest BCUT2D eigenvalue weighted by Crippen LogP contribution is 2.31. The Hall–Kier alpha value is -1.60. The molecular weight excluding hydrogens is 294 g/mol. The van der Waals surface area contributed by atoms with Gasteiger partial charge in [-0.25, -0.2) is 13.2 Å². The lowest BCUT2D eigenvalue weighted by Crippen LogP contribution is -2.34. The van der Waals surface area contributed by atoms with Gasteiger partial charge < -0.3 is 9.84 Å². The minimum absolute atomic E-state index is 0.0124. The number of carbonyl (C=O) groups is 1. The SMILES string of the molecule is COc1ccc(S(=O)(=O)N2CC(C)CC2C)cc1C(=O)O. The molecule has 0 radical (unpaired) electrons. The third-order valence-electron chi connectivity index (χ3n) is 3.73. The number of hydrogen-bond donors (Lipinski definition) is 1. The van der Waals surface area contributed by atoms with Gasteiger partial charge in [0.25, 0.3) is 0 Å². The van der Waals surface area contributed by atoms with Crippen molar-refractivity contribution in [3.63, 3.8) is 0 Å². The fraction of sp³-hybridized carbons (Fsp3) is 0.500. The summed E-state index contributed by atoms with van der Waals surface area (Å²) in [6, 6.07) is 3.84. The standard InChI is InChI=1S/C14H19NO5S/c1-9-6-10(2)15(8-9)21(18,19)11-4-5-13(20-3)12(7-11)14(16)17/h4-5,7,9-10H,6,8H2,1-3H3,(H,16,17). The number of nitrogens with zero attached hydrogens (tertiary/aromatic N) is 1. The fourth-order valence-electron chi connectivity index (χ4n) is 2.75. The zero-order valence-electron chi connectivity index (χ0n) is 12.2. The zero-order chi connectivity index (χ0) is 15.8. The van der Waals surface area contributed by atoms with Crippen molar-refractivity contribution in [2.24, 2.45) is 5.92 Å². The lowest BCUT2D eigenvalue weighted by molar-refractivity contribution is 0.0693. The average molecular weight is 313 g/mol. The molecule has 7 heteroatoms. The molecule has 2 rings (SSSR count). The largest absolute Gasteiger partial charge is 0.496 e. The van der Waals surface area contributed by atoms with Crippen molar-refractivity contribution in [3.05, 3.63) is 23.8 Å². The van der Waals surface area contributed by atoms with Crippen LogP contribution >= 0.6 is 0 Å². The van der Waals surface area contributed by atoms with Crippen LogP contribution in [0.15, 0.2) is 23.1 Å². The van der Waals surface area contributed by atoms with Gasteiger partial charge in [-0.1, -0.05) is 6.92 Å². The molecule has 1 aromatic rings. The van der Waals surface area contributed by atoms with Crippen molar-refractivity contribution in [2.75, 3.05) is 13.7 Å². The molecule has 21 heavy (non-hydrogen) atoms. The number of aromatic carboxylic acids is 1. The van der Waals surface area contributed by atoms with Crippen LogP contribution in [-0.2, 0) is 10.0 Å². The zero-order valence-corrected chi connectivity index (χ0v) is 13.1. The van der Waals surface area contributed by atoms with Gasteiger partial charge in [0.1, 0.15) is 11.3 Å². The van der Waals surface area contributed by atoms with E-state index in [1.54, 1.807) is 0 Å². The third-order valence-corrected chi connectivity index (χ3v) is 5.71. The van der Waals surface area contributed by atoms with E-state index in [-0.39, 0.29) is 22.3 Å². The van der Waals surface area contributed by atoms with Crippen LogP contribution in [0.2, 0.25) is 0 Å². The minimum Gasteiger partial charge on any atom is -0.496 e. The summed E-state index contributed by atoms with van der Waals surface area (Å²) in [4.78, 5) is 11.2. The van der Waals surface area contributed by atoms with Crippen LogP contribution in [0.4, 0.5) is 0 Å². The molecule has 0 aliphatic carbocycles. The summed E-state index contributed by atoms with van der Waals surface area (Å²) in [5.41, 5.74) is -0.154. The van der Waals surface area contributed by atoms with E-state index in [2.05, 4.69) is 0 Å². The maximum absolute atomic E-state index is 12.7. The summed E-state index contributed by atoms with van der Waals surface area (Å²) in [6.07, 6.45) is 0.807. The van der Waals surface area contributed by atoms with Crippen molar-refractivity contribution >= 4 is 16.0 Å². The third kappa shape index (κ3) is 2.89. The molecule has 116 valence electrons. The smallest absolute Gasteiger partial charge is 0.339 e. The van der Waals surface area contributed by atoms with Gasteiger partial charge in [-0.15, -0.1) is 0 Å². The van der Waals surface area contributed by atoms with Crippen molar-refractivity contribution in [3.8, 4) is 5.75 Å². The second-order valence-corrected chi connectivity index (χ2v) is 7.32. The normalized spacial score (nSPS) is 23.2. The van der Waals surface area contributed by atoms with Crippen LogP contribution in [0.5, 0.6) is 5.75 Å². The van der Waals surface area contributed by atoms with Gasteiger partial charge in [0.15, 0.2) is 0 Å². The van der Waals surface area contributed by atoms with Gasteiger partial charge in [0, 0.05) is 12.6 Å². The molecular formula is C14H19NO5S.